The van der Waals surface area contributed by atoms with Crippen LogP contribution in [0.4, 0.5) is 0 Å². The van der Waals surface area contributed by atoms with Crippen molar-refractivity contribution in [3.05, 3.63) is 0 Å². The van der Waals surface area contributed by atoms with Gasteiger partial charge in [-0.25, -0.2) is 0 Å². The van der Waals surface area contributed by atoms with E-state index in [1.54, 1.807) is 14.2 Å². The smallest absolute Gasteiger partial charge is 0.0625 e. The van der Waals surface area contributed by atoms with Crippen molar-refractivity contribution in [1.29, 1.82) is 0 Å². The zero-order chi connectivity index (χ0) is 18.1. The lowest BCUT2D eigenvalue weighted by Crippen LogP contribution is -2.24. The van der Waals surface area contributed by atoms with Gasteiger partial charge in [0.2, 0.25) is 0 Å². The fourth-order valence-electron chi connectivity index (χ4n) is 1.47. The number of rotatable bonds is 5. The molecule has 2 heteroatoms. The van der Waals surface area contributed by atoms with E-state index in [-0.39, 0.29) is 5.60 Å². The second-order valence-corrected chi connectivity index (χ2v) is 6.87. The van der Waals surface area contributed by atoms with Gasteiger partial charge < -0.3 is 9.47 Å². The molecule has 0 amide bonds. The first-order valence-electron chi connectivity index (χ1n) is 8.58. The first-order valence-corrected chi connectivity index (χ1v) is 8.58. The molecule has 0 bridgehead atoms. The summed E-state index contributed by atoms with van der Waals surface area (Å²) < 4.78 is 10.2. The molecule has 0 saturated heterocycles. The molecule has 21 heavy (non-hydrogen) atoms. The maximum atomic E-state index is 5.25. The van der Waals surface area contributed by atoms with Gasteiger partial charge in [0.15, 0.2) is 0 Å². The largest absolute Gasteiger partial charge is 0.385 e. The molecule has 0 aromatic rings. The normalized spacial score (nSPS) is 10.6. The van der Waals surface area contributed by atoms with Crippen LogP contribution in [0.15, 0.2) is 0 Å². The molecule has 2 nitrogen and oxygen atoms in total. The summed E-state index contributed by atoms with van der Waals surface area (Å²) in [5.41, 5.74) is 0.490. The van der Waals surface area contributed by atoms with Crippen molar-refractivity contribution in [3.8, 4) is 0 Å². The highest BCUT2D eigenvalue weighted by molar-refractivity contribution is 4.68. The molecule has 0 fully saturated rings. The zero-order valence-corrected chi connectivity index (χ0v) is 17.5. The summed E-state index contributed by atoms with van der Waals surface area (Å²) in [7, 11) is 3.51. The molecule has 0 radical (unpaired) electrons. The van der Waals surface area contributed by atoms with Crippen LogP contribution in [0, 0.1) is 11.3 Å². The summed E-state index contributed by atoms with van der Waals surface area (Å²) in [4.78, 5) is 0. The molecule has 0 aliphatic carbocycles. The fourth-order valence-corrected chi connectivity index (χ4v) is 1.47. The monoisotopic (exact) mass is 306 g/mol. The van der Waals surface area contributed by atoms with Crippen LogP contribution in [0.5, 0.6) is 0 Å². The van der Waals surface area contributed by atoms with Gasteiger partial charge in [0, 0.05) is 20.8 Å². The number of hydrogen-bond acceptors (Lipinski definition) is 2. The Kier molecular flexibility index (Phi) is 24.8. The van der Waals surface area contributed by atoms with Crippen LogP contribution in [0.3, 0.4) is 0 Å². The molecule has 0 unspecified atom stereocenters. The minimum atomic E-state index is 0.0637. The molecule has 0 aliphatic rings. The van der Waals surface area contributed by atoms with Crippen molar-refractivity contribution < 1.29 is 9.47 Å². The summed E-state index contributed by atoms with van der Waals surface area (Å²) in [5, 5.41) is 0. The Hall–Kier alpha value is -0.0800. The Bertz CT molecular complexity index is 167. The van der Waals surface area contributed by atoms with Crippen LogP contribution in [0.2, 0.25) is 0 Å². The van der Waals surface area contributed by atoms with Crippen molar-refractivity contribution in [2.24, 2.45) is 11.3 Å². The number of methoxy groups -OCH3 is 2. The van der Waals surface area contributed by atoms with Crippen molar-refractivity contribution in [2.75, 3.05) is 20.8 Å². The minimum absolute atomic E-state index is 0.0637. The molecule has 0 aliphatic heterocycles. The molecule has 0 saturated carbocycles. The Morgan fingerprint density at radius 2 is 1.19 bits per heavy atom. The lowest BCUT2D eigenvalue weighted by Gasteiger charge is -2.24. The first-order chi connectivity index (χ1) is 9.54. The van der Waals surface area contributed by atoms with Crippen LogP contribution in [0.1, 0.15) is 89.0 Å². The van der Waals surface area contributed by atoms with Crippen LogP contribution in [-0.4, -0.2) is 26.4 Å². The molecule has 0 N–H and O–H groups in total. The van der Waals surface area contributed by atoms with E-state index < -0.39 is 0 Å². The first kappa shape index (κ1) is 29.0. The van der Waals surface area contributed by atoms with E-state index in [9.17, 15) is 0 Å². The lowest BCUT2D eigenvalue weighted by atomic mass is 9.93. The molecule has 0 aromatic carbocycles. The Balaban J connectivity index is -0.000000111. The molecule has 0 atom stereocenters. The average molecular weight is 307 g/mol. The average Bonchev–Trinajstić information content (AvgIpc) is 2.39. The second-order valence-electron chi connectivity index (χ2n) is 6.87. The zero-order valence-electron chi connectivity index (χ0n) is 17.5. The van der Waals surface area contributed by atoms with Gasteiger partial charge in [-0.05, 0) is 38.0 Å². The molecular formula is C19H46O2. The van der Waals surface area contributed by atoms with Crippen LogP contribution in [0.25, 0.3) is 0 Å². The van der Waals surface area contributed by atoms with E-state index in [1.165, 1.54) is 0 Å². The van der Waals surface area contributed by atoms with Crippen molar-refractivity contribution in [3.63, 3.8) is 0 Å². The summed E-state index contributed by atoms with van der Waals surface area (Å²) in [6.07, 6.45) is 2.27. The standard InChI is InChI=1S/C8H18O.C7H16O.2C2H6/c1-7(2)6-8(3,4)9-5;1-7(2,3)5-6-8-4;2*1-2/h7H,6H2,1-5H3;5-6H2,1-4H3;2*1-2H3. The molecule has 0 heterocycles. The lowest BCUT2D eigenvalue weighted by molar-refractivity contribution is 0.00569. The van der Waals surface area contributed by atoms with Gasteiger partial charge in [0.25, 0.3) is 0 Å². The Labute approximate surface area is 137 Å². The van der Waals surface area contributed by atoms with E-state index in [2.05, 4.69) is 48.5 Å². The van der Waals surface area contributed by atoms with E-state index in [0.29, 0.717) is 5.41 Å². The van der Waals surface area contributed by atoms with Crippen molar-refractivity contribution in [2.45, 2.75) is 94.6 Å². The summed E-state index contributed by atoms with van der Waals surface area (Å²) in [5.74, 6) is 0.722. The minimum Gasteiger partial charge on any atom is -0.385 e. The second kappa shape index (κ2) is 18.0. The van der Waals surface area contributed by atoms with Gasteiger partial charge in [-0.1, -0.05) is 62.3 Å². The molecule has 0 aromatic heterocycles. The fraction of sp³-hybridized carbons (Fsp3) is 1.00. The number of hydrogen-bond donors (Lipinski definition) is 0. The van der Waals surface area contributed by atoms with E-state index in [1.807, 2.05) is 27.7 Å². The third-order valence-electron chi connectivity index (χ3n) is 2.51. The topological polar surface area (TPSA) is 18.5 Å². The maximum Gasteiger partial charge on any atom is 0.0625 e. The third kappa shape index (κ3) is 38.3. The predicted octanol–water partition coefficient (Wildman–Crippen LogP) is 6.58. The molecule has 0 spiro atoms. The van der Waals surface area contributed by atoms with Gasteiger partial charge in [0.1, 0.15) is 0 Å². The molecule has 0 rings (SSSR count). The van der Waals surface area contributed by atoms with E-state index in [4.69, 9.17) is 9.47 Å². The summed E-state index contributed by atoms with van der Waals surface area (Å²) in [6, 6.07) is 0. The van der Waals surface area contributed by atoms with Gasteiger partial charge in [-0.3, -0.25) is 0 Å². The highest BCUT2D eigenvalue weighted by atomic mass is 16.5. The van der Waals surface area contributed by atoms with Gasteiger partial charge >= 0.3 is 0 Å². The number of ether oxygens (including phenoxy) is 2. The van der Waals surface area contributed by atoms with E-state index >= 15 is 0 Å². The van der Waals surface area contributed by atoms with Crippen molar-refractivity contribution >= 4 is 0 Å². The van der Waals surface area contributed by atoms with Gasteiger partial charge in [-0.2, -0.15) is 0 Å². The van der Waals surface area contributed by atoms with Crippen LogP contribution < -0.4 is 0 Å². The Morgan fingerprint density at radius 3 is 1.29 bits per heavy atom. The summed E-state index contributed by atoms with van der Waals surface area (Å²) >= 11 is 0. The van der Waals surface area contributed by atoms with Crippen LogP contribution >= 0.6 is 0 Å². The quantitative estimate of drug-likeness (QED) is 0.571. The van der Waals surface area contributed by atoms with E-state index in [0.717, 1.165) is 25.4 Å². The van der Waals surface area contributed by atoms with Gasteiger partial charge in [0.05, 0.1) is 5.60 Å². The third-order valence-corrected chi connectivity index (χ3v) is 2.51. The SMILES string of the molecule is CC.CC.COC(C)(C)CC(C)C.COCCC(C)(C)C. The predicted molar refractivity (Wildman–Crippen MR) is 99.2 cm³/mol. The van der Waals surface area contributed by atoms with Crippen LogP contribution in [-0.2, 0) is 9.47 Å². The van der Waals surface area contributed by atoms with Gasteiger partial charge in [-0.15, -0.1) is 0 Å². The van der Waals surface area contributed by atoms with Crippen molar-refractivity contribution in [1.82, 2.24) is 0 Å². The Morgan fingerprint density at radius 1 is 0.810 bits per heavy atom. The molecular weight excluding hydrogens is 260 g/mol. The maximum absolute atomic E-state index is 5.25. The highest BCUT2D eigenvalue weighted by Crippen LogP contribution is 2.18. The molecule has 134 valence electrons. The summed E-state index contributed by atoms with van der Waals surface area (Å²) in [6.45, 7) is 24.2. The highest BCUT2D eigenvalue weighted by Gasteiger charge is 2.17.